The second-order valence-electron chi connectivity index (χ2n) is 5.78. The van der Waals surface area contributed by atoms with Crippen LogP contribution in [0.1, 0.15) is 34.3 Å². The summed E-state index contributed by atoms with van der Waals surface area (Å²) in [4.78, 5) is 23.3. The molecule has 2 N–H and O–H groups in total. The molecule has 2 aromatic rings. The summed E-state index contributed by atoms with van der Waals surface area (Å²) in [6, 6.07) is 14.4. The number of amides is 2. The Bertz CT molecular complexity index is 860. The molecule has 1 fully saturated rings. The summed E-state index contributed by atoms with van der Waals surface area (Å²) in [6.07, 6.45) is 2.09. The lowest BCUT2D eigenvalue weighted by atomic mass is 10.1. The fourth-order valence-corrected chi connectivity index (χ4v) is 2.24. The number of anilines is 1. The van der Waals surface area contributed by atoms with Crippen LogP contribution in [0.3, 0.4) is 0 Å². The number of rotatable bonds is 3. The van der Waals surface area contributed by atoms with E-state index >= 15 is 0 Å². The van der Waals surface area contributed by atoms with Crippen molar-refractivity contribution in [2.24, 2.45) is 0 Å². The van der Waals surface area contributed by atoms with E-state index in [-0.39, 0.29) is 6.03 Å². The molecule has 0 unspecified atom stereocenters. The molecular formula is C20H18N2O3. The second kappa shape index (κ2) is 7.54. The van der Waals surface area contributed by atoms with Crippen LogP contribution in [0.25, 0.3) is 0 Å². The molecule has 25 heavy (non-hydrogen) atoms. The van der Waals surface area contributed by atoms with Crippen LogP contribution >= 0.6 is 0 Å². The Morgan fingerprint density at radius 2 is 1.72 bits per heavy atom. The summed E-state index contributed by atoms with van der Waals surface area (Å²) in [5, 5.41) is 5.68. The first-order chi connectivity index (χ1) is 12.1. The molecular weight excluding hydrogens is 316 g/mol. The van der Waals surface area contributed by atoms with Gasteiger partial charge in [0.1, 0.15) is 0 Å². The number of hydrogen-bond donors (Lipinski definition) is 2. The van der Waals surface area contributed by atoms with Crippen LogP contribution in [0.15, 0.2) is 48.5 Å². The van der Waals surface area contributed by atoms with Gasteiger partial charge in [-0.1, -0.05) is 24.0 Å². The average molecular weight is 334 g/mol. The quantitative estimate of drug-likeness (QED) is 0.669. The number of benzene rings is 2. The largest absolute Gasteiger partial charge is 0.465 e. The van der Waals surface area contributed by atoms with Gasteiger partial charge < -0.3 is 15.4 Å². The smallest absolute Gasteiger partial charge is 0.337 e. The highest BCUT2D eigenvalue weighted by Gasteiger charge is 2.23. The molecule has 0 saturated heterocycles. The topological polar surface area (TPSA) is 67.4 Å². The van der Waals surface area contributed by atoms with E-state index in [2.05, 4.69) is 22.5 Å². The molecule has 0 heterocycles. The van der Waals surface area contributed by atoms with Gasteiger partial charge >= 0.3 is 12.0 Å². The van der Waals surface area contributed by atoms with Crippen molar-refractivity contribution in [2.45, 2.75) is 18.9 Å². The van der Waals surface area contributed by atoms with Crippen molar-refractivity contribution in [3.63, 3.8) is 0 Å². The Hall–Kier alpha value is -3.26. The minimum atomic E-state index is -0.392. The molecule has 5 nitrogen and oxygen atoms in total. The maximum atomic E-state index is 11.8. The number of esters is 1. The third-order valence-electron chi connectivity index (χ3n) is 3.67. The summed E-state index contributed by atoms with van der Waals surface area (Å²) in [6.45, 7) is 0. The molecule has 0 spiro atoms. The van der Waals surface area contributed by atoms with E-state index in [1.807, 2.05) is 30.3 Å². The van der Waals surface area contributed by atoms with Crippen molar-refractivity contribution < 1.29 is 14.3 Å². The van der Waals surface area contributed by atoms with E-state index in [9.17, 15) is 9.59 Å². The first-order valence-corrected chi connectivity index (χ1v) is 8.02. The molecule has 2 aromatic carbocycles. The lowest BCUT2D eigenvalue weighted by molar-refractivity contribution is 0.0600. The van der Waals surface area contributed by atoms with Crippen molar-refractivity contribution in [1.29, 1.82) is 0 Å². The highest BCUT2D eigenvalue weighted by atomic mass is 16.5. The van der Waals surface area contributed by atoms with Crippen LogP contribution in [0, 0.1) is 11.8 Å². The zero-order chi connectivity index (χ0) is 17.6. The van der Waals surface area contributed by atoms with Gasteiger partial charge in [0.15, 0.2) is 0 Å². The summed E-state index contributed by atoms with van der Waals surface area (Å²) < 4.78 is 4.71. The molecule has 3 rings (SSSR count). The van der Waals surface area contributed by atoms with Gasteiger partial charge in [0.05, 0.1) is 12.7 Å². The molecule has 5 heteroatoms. The minimum absolute atomic E-state index is 0.196. The van der Waals surface area contributed by atoms with Crippen molar-refractivity contribution in [1.82, 2.24) is 5.32 Å². The molecule has 0 aliphatic heterocycles. The van der Waals surface area contributed by atoms with E-state index < -0.39 is 5.97 Å². The third-order valence-corrected chi connectivity index (χ3v) is 3.67. The Balaban J connectivity index is 1.71. The lowest BCUT2D eigenvalue weighted by Gasteiger charge is -2.06. The Kier molecular flexibility index (Phi) is 5.00. The summed E-state index contributed by atoms with van der Waals surface area (Å²) in [5.74, 6) is 5.66. The molecule has 1 aliphatic carbocycles. The van der Waals surface area contributed by atoms with Gasteiger partial charge in [-0.15, -0.1) is 0 Å². The van der Waals surface area contributed by atoms with Crippen LogP contribution in [0.5, 0.6) is 0 Å². The van der Waals surface area contributed by atoms with Gasteiger partial charge in [0.2, 0.25) is 0 Å². The number of nitrogens with one attached hydrogen (secondary N) is 2. The van der Waals surface area contributed by atoms with E-state index in [0.29, 0.717) is 22.9 Å². The second-order valence-corrected chi connectivity index (χ2v) is 5.78. The highest BCUT2D eigenvalue weighted by molar-refractivity contribution is 5.90. The summed E-state index contributed by atoms with van der Waals surface area (Å²) in [7, 11) is 1.35. The predicted octanol–water partition coefficient (Wildman–Crippen LogP) is 3.16. The molecule has 0 bridgehead atoms. The first-order valence-electron chi connectivity index (χ1n) is 8.02. The molecule has 0 aromatic heterocycles. The summed E-state index contributed by atoms with van der Waals surface area (Å²) >= 11 is 0. The molecule has 1 saturated carbocycles. The number of ether oxygens (including phenoxy) is 1. The molecule has 0 radical (unpaired) electrons. The van der Waals surface area contributed by atoms with Gasteiger partial charge in [0.25, 0.3) is 0 Å². The Morgan fingerprint density at radius 1 is 1.04 bits per heavy atom. The van der Waals surface area contributed by atoms with Crippen LogP contribution < -0.4 is 10.6 Å². The standard InChI is InChI=1S/C20H18N2O3/c1-25-19(23)16-6-2-4-14(12-16)8-9-15-5-3-7-18(13-15)22-20(24)21-17-10-11-17/h2-7,12-13,17H,10-11H2,1H3,(H2,21,22,24). The molecule has 2 amide bonds. The predicted molar refractivity (Wildman–Crippen MR) is 95.4 cm³/mol. The zero-order valence-electron chi connectivity index (χ0n) is 13.8. The highest BCUT2D eigenvalue weighted by Crippen LogP contribution is 2.19. The monoisotopic (exact) mass is 334 g/mol. The van der Waals surface area contributed by atoms with Gasteiger partial charge in [-0.3, -0.25) is 0 Å². The van der Waals surface area contributed by atoms with Gasteiger partial charge in [-0.05, 0) is 49.2 Å². The first kappa shape index (κ1) is 16.6. The molecule has 126 valence electrons. The van der Waals surface area contributed by atoms with Crippen LogP contribution in [-0.4, -0.2) is 25.2 Å². The number of methoxy groups -OCH3 is 1. The fourth-order valence-electron chi connectivity index (χ4n) is 2.24. The van der Waals surface area contributed by atoms with Gasteiger partial charge in [-0.25, -0.2) is 9.59 Å². The van der Waals surface area contributed by atoms with Crippen LogP contribution in [0.2, 0.25) is 0 Å². The van der Waals surface area contributed by atoms with Crippen molar-refractivity contribution in [2.75, 3.05) is 12.4 Å². The minimum Gasteiger partial charge on any atom is -0.465 e. The number of carbonyl (C=O) groups is 2. The summed E-state index contributed by atoms with van der Waals surface area (Å²) in [5.41, 5.74) is 2.63. The lowest BCUT2D eigenvalue weighted by Crippen LogP contribution is -2.30. The number of carbonyl (C=O) groups excluding carboxylic acids is 2. The van der Waals surface area contributed by atoms with E-state index in [4.69, 9.17) is 4.74 Å². The van der Waals surface area contributed by atoms with E-state index in [1.165, 1.54) is 7.11 Å². The molecule has 1 aliphatic rings. The third kappa shape index (κ3) is 4.85. The van der Waals surface area contributed by atoms with Gasteiger partial charge in [0, 0.05) is 22.9 Å². The Labute approximate surface area is 146 Å². The maximum absolute atomic E-state index is 11.8. The van der Waals surface area contributed by atoms with Crippen molar-refractivity contribution in [3.8, 4) is 11.8 Å². The zero-order valence-corrected chi connectivity index (χ0v) is 13.8. The average Bonchev–Trinajstić information content (AvgIpc) is 3.43. The normalized spacial score (nSPS) is 12.5. The fraction of sp³-hybridized carbons (Fsp3) is 0.200. The molecule has 0 atom stereocenters. The van der Waals surface area contributed by atoms with Crippen LogP contribution in [0.4, 0.5) is 10.5 Å². The maximum Gasteiger partial charge on any atom is 0.337 e. The SMILES string of the molecule is COC(=O)c1cccc(C#Cc2cccc(NC(=O)NC3CC3)c2)c1. The van der Waals surface area contributed by atoms with E-state index in [1.54, 1.807) is 18.2 Å². The van der Waals surface area contributed by atoms with Crippen molar-refractivity contribution in [3.05, 3.63) is 65.2 Å². The van der Waals surface area contributed by atoms with E-state index in [0.717, 1.165) is 18.4 Å². The number of urea groups is 1. The van der Waals surface area contributed by atoms with Crippen molar-refractivity contribution >= 4 is 17.7 Å². The van der Waals surface area contributed by atoms with Gasteiger partial charge in [-0.2, -0.15) is 0 Å². The Morgan fingerprint density at radius 3 is 2.40 bits per heavy atom. The van der Waals surface area contributed by atoms with Crippen LogP contribution in [-0.2, 0) is 4.74 Å². The number of hydrogen-bond acceptors (Lipinski definition) is 3.